The second-order valence-electron chi connectivity index (χ2n) is 8.22. The van der Waals surface area contributed by atoms with Gasteiger partial charge >= 0.3 is 0 Å². The van der Waals surface area contributed by atoms with Crippen molar-refractivity contribution in [3.05, 3.63) is 11.9 Å². The van der Waals surface area contributed by atoms with Crippen molar-refractivity contribution in [1.29, 1.82) is 0 Å². The smallest absolute Gasteiger partial charge is 0.143 e. The number of carbonyl (C=O) groups excluding carboxylic acids is 1. The van der Waals surface area contributed by atoms with Crippen LogP contribution in [0.25, 0.3) is 0 Å². The topological polar surface area (TPSA) is 57.0 Å². The first-order valence-electron chi connectivity index (χ1n) is 8.58. The van der Waals surface area contributed by atoms with Crippen LogP contribution in [0, 0.1) is 16.7 Å². The number of ether oxygens (including phenoxy) is 1. The minimum atomic E-state index is -0.439. The van der Waals surface area contributed by atoms with Crippen molar-refractivity contribution in [3.8, 4) is 0 Å². The molecular formula is C18H33N3O2. The molecule has 132 valence electrons. The van der Waals surface area contributed by atoms with Gasteiger partial charge in [0, 0.05) is 29.5 Å². The summed E-state index contributed by atoms with van der Waals surface area (Å²) in [4.78, 5) is 12.2. The summed E-state index contributed by atoms with van der Waals surface area (Å²) in [7, 11) is 0. The summed E-state index contributed by atoms with van der Waals surface area (Å²) in [5.74, 6) is 0.282. The average Bonchev–Trinajstić information content (AvgIpc) is 2.84. The lowest BCUT2D eigenvalue weighted by Gasteiger charge is -2.29. The van der Waals surface area contributed by atoms with E-state index in [-0.39, 0.29) is 17.1 Å². The van der Waals surface area contributed by atoms with Crippen molar-refractivity contribution in [3.63, 3.8) is 0 Å². The van der Waals surface area contributed by atoms with Crippen LogP contribution < -0.4 is 0 Å². The van der Waals surface area contributed by atoms with E-state index in [0.717, 1.165) is 25.1 Å². The number of rotatable bonds is 10. The molecule has 0 saturated carbocycles. The summed E-state index contributed by atoms with van der Waals surface area (Å²) in [6.45, 7) is 16.0. The Balaban J connectivity index is 2.50. The van der Waals surface area contributed by atoms with Crippen molar-refractivity contribution in [2.24, 2.45) is 16.7 Å². The second-order valence-corrected chi connectivity index (χ2v) is 8.22. The summed E-state index contributed by atoms with van der Waals surface area (Å²) >= 11 is 0. The SMILES string of the molecule is CCCc1cn(CC(C)(C)COCC(C)(C)C(=O)C(C)C)nn1. The number of hydrogen-bond acceptors (Lipinski definition) is 4. The molecule has 1 aromatic heterocycles. The lowest BCUT2D eigenvalue weighted by atomic mass is 9.83. The number of Topliss-reactive ketones (excluding diaryl/α,β-unsaturated/α-hetero) is 1. The van der Waals surface area contributed by atoms with Crippen LogP contribution in [-0.4, -0.2) is 34.0 Å². The zero-order valence-corrected chi connectivity index (χ0v) is 15.8. The Labute approximate surface area is 140 Å². The molecule has 0 saturated heterocycles. The first-order valence-corrected chi connectivity index (χ1v) is 8.58. The molecule has 0 fully saturated rings. The van der Waals surface area contributed by atoms with Crippen molar-refractivity contribution >= 4 is 5.78 Å². The highest BCUT2D eigenvalue weighted by Gasteiger charge is 2.31. The molecule has 0 radical (unpaired) electrons. The molecule has 0 unspecified atom stereocenters. The molecule has 1 rings (SSSR count). The minimum absolute atomic E-state index is 0.0359. The van der Waals surface area contributed by atoms with E-state index < -0.39 is 5.41 Å². The third-order valence-electron chi connectivity index (χ3n) is 3.83. The molecule has 5 heteroatoms. The molecule has 1 heterocycles. The number of hydrogen-bond donors (Lipinski definition) is 0. The van der Waals surface area contributed by atoms with E-state index in [1.807, 2.05) is 38.6 Å². The third kappa shape index (κ3) is 6.42. The van der Waals surface area contributed by atoms with E-state index in [2.05, 4.69) is 31.1 Å². The quantitative estimate of drug-likeness (QED) is 0.661. The Hall–Kier alpha value is -1.23. The lowest BCUT2D eigenvalue weighted by molar-refractivity contribution is -0.134. The molecule has 5 nitrogen and oxygen atoms in total. The van der Waals surface area contributed by atoms with E-state index in [0.29, 0.717) is 13.2 Å². The molecule has 0 atom stereocenters. The van der Waals surface area contributed by atoms with Gasteiger partial charge in [0.05, 0.1) is 18.9 Å². The standard InChI is InChI=1S/C18H33N3O2/c1-8-9-15-10-21(20-19-15)11-17(4,5)12-23-13-18(6,7)16(22)14(2)3/h10,14H,8-9,11-13H2,1-7H3. The Morgan fingerprint density at radius 2 is 1.91 bits per heavy atom. The normalized spacial score (nSPS) is 12.9. The molecule has 0 aliphatic carbocycles. The Kier molecular flexibility index (Phi) is 6.93. The molecule has 0 amide bonds. The predicted molar refractivity (Wildman–Crippen MR) is 92.2 cm³/mol. The monoisotopic (exact) mass is 323 g/mol. The Morgan fingerprint density at radius 3 is 2.48 bits per heavy atom. The van der Waals surface area contributed by atoms with Crippen molar-refractivity contribution in [2.45, 2.75) is 67.9 Å². The van der Waals surface area contributed by atoms with Gasteiger partial charge in [-0.05, 0) is 6.42 Å². The molecular weight excluding hydrogens is 290 g/mol. The maximum Gasteiger partial charge on any atom is 0.143 e. The van der Waals surface area contributed by atoms with Crippen LogP contribution in [0.2, 0.25) is 0 Å². The molecule has 1 aromatic rings. The second kappa shape index (κ2) is 8.04. The third-order valence-corrected chi connectivity index (χ3v) is 3.83. The summed E-state index contributed by atoms with van der Waals surface area (Å²) in [5, 5.41) is 8.36. The Bertz CT molecular complexity index is 504. The van der Waals surface area contributed by atoms with Crippen LogP contribution in [0.1, 0.15) is 60.6 Å². The first kappa shape index (κ1) is 19.8. The van der Waals surface area contributed by atoms with Gasteiger partial charge < -0.3 is 4.74 Å². The number of aromatic nitrogens is 3. The summed E-state index contributed by atoms with van der Waals surface area (Å²) < 4.78 is 7.77. The summed E-state index contributed by atoms with van der Waals surface area (Å²) in [5.41, 5.74) is 0.535. The van der Waals surface area contributed by atoms with Crippen LogP contribution in [-0.2, 0) is 22.5 Å². The van der Waals surface area contributed by atoms with E-state index in [4.69, 9.17) is 4.74 Å². The average molecular weight is 323 g/mol. The van der Waals surface area contributed by atoms with Crippen LogP contribution >= 0.6 is 0 Å². The van der Waals surface area contributed by atoms with E-state index >= 15 is 0 Å². The van der Waals surface area contributed by atoms with Gasteiger partial charge in [0.15, 0.2) is 0 Å². The van der Waals surface area contributed by atoms with Gasteiger partial charge in [-0.25, -0.2) is 0 Å². The van der Waals surface area contributed by atoms with Crippen LogP contribution in [0.3, 0.4) is 0 Å². The van der Waals surface area contributed by atoms with E-state index in [1.165, 1.54) is 0 Å². The highest BCUT2D eigenvalue weighted by Crippen LogP contribution is 2.24. The molecule has 0 bridgehead atoms. The van der Waals surface area contributed by atoms with Gasteiger partial charge in [-0.2, -0.15) is 0 Å². The fraction of sp³-hybridized carbons (Fsp3) is 0.833. The first-order chi connectivity index (χ1) is 10.6. The zero-order valence-electron chi connectivity index (χ0n) is 15.8. The highest BCUT2D eigenvalue weighted by atomic mass is 16.5. The van der Waals surface area contributed by atoms with Gasteiger partial charge in [0.1, 0.15) is 5.78 Å². The van der Waals surface area contributed by atoms with Gasteiger partial charge in [-0.3, -0.25) is 9.48 Å². The van der Waals surface area contributed by atoms with E-state index in [9.17, 15) is 4.79 Å². The predicted octanol–water partition coefficient (Wildman–Crippen LogP) is 3.52. The number of ketones is 1. The molecule has 23 heavy (non-hydrogen) atoms. The fourth-order valence-corrected chi connectivity index (χ4v) is 2.71. The van der Waals surface area contributed by atoms with Gasteiger partial charge in [0.2, 0.25) is 0 Å². The maximum atomic E-state index is 12.2. The molecule has 0 N–H and O–H groups in total. The minimum Gasteiger partial charge on any atom is -0.380 e. The summed E-state index contributed by atoms with van der Waals surface area (Å²) in [6.07, 6.45) is 4.05. The van der Waals surface area contributed by atoms with Crippen LogP contribution in [0.4, 0.5) is 0 Å². The van der Waals surface area contributed by atoms with Crippen molar-refractivity contribution in [1.82, 2.24) is 15.0 Å². The summed E-state index contributed by atoms with van der Waals surface area (Å²) in [6, 6.07) is 0. The van der Waals surface area contributed by atoms with Gasteiger partial charge in [-0.15, -0.1) is 5.10 Å². The van der Waals surface area contributed by atoms with Crippen LogP contribution in [0.15, 0.2) is 6.20 Å². The number of aryl methyl sites for hydroxylation is 1. The zero-order chi connectivity index (χ0) is 17.7. The molecule has 0 spiro atoms. The Morgan fingerprint density at radius 1 is 1.26 bits per heavy atom. The van der Waals surface area contributed by atoms with Gasteiger partial charge in [0.25, 0.3) is 0 Å². The molecule has 0 aromatic carbocycles. The number of carbonyl (C=O) groups is 1. The molecule has 0 aliphatic heterocycles. The highest BCUT2D eigenvalue weighted by molar-refractivity contribution is 5.85. The lowest BCUT2D eigenvalue weighted by Crippen LogP contribution is -2.35. The fourth-order valence-electron chi connectivity index (χ4n) is 2.71. The van der Waals surface area contributed by atoms with Crippen LogP contribution in [0.5, 0.6) is 0 Å². The van der Waals surface area contributed by atoms with Crippen molar-refractivity contribution in [2.75, 3.05) is 13.2 Å². The maximum absolute atomic E-state index is 12.2. The van der Waals surface area contributed by atoms with Gasteiger partial charge in [-0.1, -0.05) is 60.1 Å². The largest absolute Gasteiger partial charge is 0.380 e. The van der Waals surface area contributed by atoms with Crippen molar-refractivity contribution < 1.29 is 9.53 Å². The molecule has 0 aliphatic rings. The van der Waals surface area contributed by atoms with E-state index in [1.54, 1.807) is 0 Å². The number of nitrogens with zero attached hydrogens (tertiary/aromatic N) is 3.